The number of hydrogen-bond donors (Lipinski definition) is 2. The number of ether oxygens (including phenoxy) is 1. The van der Waals surface area contributed by atoms with Gasteiger partial charge in [0.15, 0.2) is 0 Å². The Hall–Kier alpha value is -2.34. The number of carboxylic acid groups (broad SMARTS) is 1. The number of rotatable bonds is 7. The van der Waals surface area contributed by atoms with Crippen LogP contribution in [0.1, 0.15) is 23.2 Å². The average Bonchev–Trinajstić information content (AvgIpc) is 3.24. The highest BCUT2D eigenvalue weighted by molar-refractivity contribution is 7.93. The fraction of sp³-hybridized carbons (Fsp3) is 0.278. The molecule has 3 rings (SSSR count). The third-order valence-electron chi connectivity index (χ3n) is 4.59. The monoisotopic (exact) mass is 474 g/mol. The van der Waals surface area contributed by atoms with Crippen molar-refractivity contribution in [3.63, 3.8) is 0 Å². The minimum Gasteiger partial charge on any atom is -0.495 e. The number of hydrogen-bond acceptors (Lipinski definition) is 6. The highest BCUT2D eigenvalue weighted by Gasteiger charge is 2.29. The van der Waals surface area contributed by atoms with Gasteiger partial charge in [0.25, 0.3) is 10.0 Å². The van der Waals surface area contributed by atoms with Gasteiger partial charge in [0, 0.05) is 13.1 Å². The molecule has 9 nitrogen and oxygen atoms in total. The molecule has 2 aromatic rings. The number of methoxy groups -OCH3 is 1. The minimum absolute atomic E-state index is 0.0210. The number of nitrogens with one attached hydrogen (secondary N) is 1. The number of carbonyl (C=O) groups is 1. The zero-order valence-electron chi connectivity index (χ0n) is 15.8. The van der Waals surface area contributed by atoms with Crippen LogP contribution in [0.2, 0.25) is 5.02 Å². The van der Waals surface area contributed by atoms with Crippen molar-refractivity contribution in [1.29, 1.82) is 0 Å². The second-order valence-electron chi connectivity index (χ2n) is 6.53. The van der Waals surface area contributed by atoms with Crippen molar-refractivity contribution in [2.75, 3.05) is 24.9 Å². The van der Waals surface area contributed by atoms with E-state index in [1.807, 2.05) is 0 Å². The van der Waals surface area contributed by atoms with Crippen molar-refractivity contribution in [3.8, 4) is 5.75 Å². The molecule has 0 bridgehead atoms. The first-order valence-corrected chi connectivity index (χ1v) is 12.1. The van der Waals surface area contributed by atoms with Gasteiger partial charge in [-0.2, -0.15) is 4.31 Å². The van der Waals surface area contributed by atoms with Gasteiger partial charge in [0.05, 0.1) is 28.3 Å². The Morgan fingerprint density at radius 2 is 1.77 bits per heavy atom. The Labute approximate surface area is 179 Å². The number of aromatic carboxylic acids is 1. The summed E-state index contributed by atoms with van der Waals surface area (Å²) in [6, 6.07) is 7.10. The van der Waals surface area contributed by atoms with E-state index in [4.69, 9.17) is 21.4 Å². The van der Waals surface area contributed by atoms with Gasteiger partial charge in [-0.3, -0.25) is 4.72 Å². The largest absolute Gasteiger partial charge is 0.495 e. The lowest BCUT2D eigenvalue weighted by atomic mass is 10.2. The van der Waals surface area contributed by atoms with Gasteiger partial charge in [-0.05, 0) is 49.2 Å². The second-order valence-corrected chi connectivity index (χ2v) is 10.5. The number of sulfonamides is 2. The number of carboxylic acids is 1. The summed E-state index contributed by atoms with van der Waals surface area (Å²) in [7, 11) is -6.90. The van der Waals surface area contributed by atoms with Crippen LogP contribution in [-0.2, 0) is 20.0 Å². The third kappa shape index (κ3) is 4.38. The molecule has 2 N–H and O–H groups in total. The molecule has 0 amide bonds. The molecule has 2 aromatic carbocycles. The SMILES string of the molecule is COc1ccc(C(=O)O)cc1S(=O)(=O)Nc1cc(S(=O)(=O)N2CCCC2)ccc1Cl. The van der Waals surface area contributed by atoms with Gasteiger partial charge in [-0.1, -0.05) is 11.6 Å². The zero-order valence-corrected chi connectivity index (χ0v) is 18.2. The fourth-order valence-electron chi connectivity index (χ4n) is 3.04. The molecule has 30 heavy (non-hydrogen) atoms. The van der Waals surface area contributed by atoms with Crippen LogP contribution in [0.3, 0.4) is 0 Å². The maximum absolute atomic E-state index is 12.9. The minimum atomic E-state index is -4.35. The predicted molar refractivity (Wildman–Crippen MR) is 110 cm³/mol. The molecular formula is C18H19ClN2O7S2. The lowest BCUT2D eigenvalue weighted by Crippen LogP contribution is -2.28. The van der Waals surface area contributed by atoms with Gasteiger partial charge in [-0.25, -0.2) is 21.6 Å². The number of benzene rings is 2. The van der Waals surface area contributed by atoms with E-state index in [2.05, 4.69) is 4.72 Å². The van der Waals surface area contributed by atoms with E-state index < -0.39 is 30.9 Å². The maximum Gasteiger partial charge on any atom is 0.335 e. The molecule has 0 unspecified atom stereocenters. The first-order chi connectivity index (χ1) is 14.1. The van der Waals surface area contributed by atoms with Crippen LogP contribution in [0.25, 0.3) is 0 Å². The molecule has 162 valence electrons. The van der Waals surface area contributed by atoms with Crippen molar-refractivity contribution in [2.45, 2.75) is 22.6 Å². The van der Waals surface area contributed by atoms with Gasteiger partial charge >= 0.3 is 5.97 Å². The highest BCUT2D eigenvalue weighted by atomic mass is 35.5. The van der Waals surface area contributed by atoms with Crippen molar-refractivity contribution >= 4 is 43.3 Å². The summed E-state index contributed by atoms with van der Waals surface area (Å²) in [6.45, 7) is 0.788. The summed E-state index contributed by atoms with van der Waals surface area (Å²) in [5, 5.41) is 9.13. The van der Waals surface area contributed by atoms with E-state index in [-0.39, 0.29) is 26.9 Å². The summed E-state index contributed by atoms with van der Waals surface area (Å²) in [5.74, 6) is -1.39. The first kappa shape index (κ1) is 22.3. The summed E-state index contributed by atoms with van der Waals surface area (Å²) < 4.78 is 60.0. The quantitative estimate of drug-likeness (QED) is 0.630. The molecule has 0 radical (unpaired) electrons. The number of nitrogens with zero attached hydrogens (tertiary/aromatic N) is 1. The van der Waals surface area contributed by atoms with Crippen molar-refractivity contribution in [2.24, 2.45) is 0 Å². The number of halogens is 1. The molecule has 1 aliphatic rings. The van der Waals surface area contributed by atoms with Gasteiger partial charge in [0.1, 0.15) is 10.6 Å². The number of anilines is 1. The normalized spacial score (nSPS) is 15.1. The predicted octanol–water partition coefficient (Wildman–Crippen LogP) is 2.63. The zero-order chi connectivity index (χ0) is 22.1. The molecule has 0 aliphatic carbocycles. The molecular weight excluding hydrogens is 456 g/mol. The van der Waals surface area contributed by atoms with Crippen LogP contribution < -0.4 is 9.46 Å². The van der Waals surface area contributed by atoms with Crippen LogP contribution in [0.15, 0.2) is 46.2 Å². The average molecular weight is 475 g/mol. The molecule has 0 atom stereocenters. The molecule has 1 heterocycles. The van der Waals surface area contributed by atoms with Crippen molar-refractivity contribution < 1.29 is 31.5 Å². The summed E-state index contributed by atoms with van der Waals surface area (Å²) >= 11 is 6.09. The molecule has 1 saturated heterocycles. The van der Waals surface area contributed by atoms with Gasteiger partial charge in [0.2, 0.25) is 10.0 Å². The summed E-state index contributed by atoms with van der Waals surface area (Å²) in [6.07, 6.45) is 1.51. The Morgan fingerprint density at radius 3 is 2.37 bits per heavy atom. The Bertz CT molecular complexity index is 1190. The van der Waals surface area contributed by atoms with E-state index in [9.17, 15) is 21.6 Å². The molecule has 0 aromatic heterocycles. The summed E-state index contributed by atoms with van der Waals surface area (Å²) in [4.78, 5) is 10.7. The fourth-order valence-corrected chi connectivity index (χ4v) is 6.07. The molecule has 1 fully saturated rings. The second kappa shape index (κ2) is 8.42. The van der Waals surface area contributed by atoms with Crippen LogP contribution in [0, 0.1) is 0 Å². The molecule has 1 aliphatic heterocycles. The van der Waals surface area contributed by atoms with Gasteiger partial charge in [-0.15, -0.1) is 0 Å². The molecule has 0 spiro atoms. The Morgan fingerprint density at radius 1 is 1.10 bits per heavy atom. The van der Waals surface area contributed by atoms with E-state index >= 15 is 0 Å². The summed E-state index contributed by atoms with van der Waals surface area (Å²) in [5.41, 5.74) is -0.410. The van der Waals surface area contributed by atoms with Crippen LogP contribution in [0.5, 0.6) is 5.75 Å². The topological polar surface area (TPSA) is 130 Å². The van der Waals surface area contributed by atoms with E-state index in [1.54, 1.807) is 0 Å². The lowest BCUT2D eigenvalue weighted by Gasteiger charge is -2.17. The maximum atomic E-state index is 12.9. The van der Waals surface area contributed by atoms with Crippen LogP contribution in [-0.4, -0.2) is 52.4 Å². The van der Waals surface area contributed by atoms with Crippen LogP contribution in [0.4, 0.5) is 5.69 Å². The van der Waals surface area contributed by atoms with E-state index in [0.717, 1.165) is 25.0 Å². The first-order valence-electron chi connectivity index (χ1n) is 8.80. The van der Waals surface area contributed by atoms with Crippen molar-refractivity contribution in [3.05, 3.63) is 47.0 Å². The van der Waals surface area contributed by atoms with Crippen LogP contribution >= 0.6 is 11.6 Å². The third-order valence-corrected chi connectivity index (χ3v) is 8.20. The molecule has 0 saturated carbocycles. The van der Waals surface area contributed by atoms with E-state index in [1.165, 1.54) is 35.7 Å². The standard InChI is InChI=1S/C18H19ClN2O7S2/c1-28-16-7-4-12(18(22)23)10-17(16)29(24,25)20-15-11-13(5-6-14(15)19)30(26,27)21-8-2-3-9-21/h4-7,10-11,20H,2-3,8-9H2,1H3,(H,22,23). The highest BCUT2D eigenvalue weighted by Crippen LogP contribution is 2.32. The Kier molecular flexibility index (Phi) is 6.27. The van der Waals surface area contributed by atoms with Gasteiger partial charge < -0.3 is 9.84 Å². The van der Waals surface area contributed by atoms with E-state index in [0.29, 0.717) is 13.1 Å². The van der Waals surface area contributed by atoms with Crippen molar-refractivity contribution in [1.82, 2.24) is 4.31 Å². The Balaban J connectivity index is 2.02. The lowest BCUT2D eigenvalue weighted by molar-refractivity contribution is 0.0696. The smallest absolute Gasteiger partial charge is 0.335 e. The molecule has 12 heteroatoms.